The summed E-state index contributed by atoms with van der Waals surface area (Å²) < 4.78 is 10.1. The molecule has 0 bridgehead atoms. The first-order valence-corrected chi connectivity index (χ1v) is 6.72. The van der Waals surface area contributed by atoms with E-state index in [0.717, 1.165) is 6.54 Å². The van der Waals surface area contributed by atoms with Crippen LogP contribution in [0.25, 0.3) is 0 Å². The van der Waals surface area contributed by atoms with Gasteiger partial charge in [-0.15, -0.1) is 0 Å². The Morgan fingerprint density at radius 2 is 2.21 bits per heavy atom. The van der Waals surface area contributed by atoms with Crippen LogP contribution in [-0.4, -0.2) is 62.8 Å². The number of hydrogen-bond acceptors (Lipinski definition) is 5. The van der Waals surface area contributed by atoms with E-state index in [-0.39, 0.29) is 18.3 Å². The summed E-state index contributed by atoms with van der Waals surface area (Å²) in [6.45, 7) is 6.93. The van der Waals surface area contributed by atoms with E-state index >= 15 is 0 Å². The number of nitrogens with one attached hydrogen (secondary N) is 1. The molecular formula is C13H24N2O4. The standard InChI is InChI=1S/C13H24N2O4/c1-10(2)9-15(6-4-12(16)18-3)13(17)11-8-14-5-7-19-11/h10-11,14H,4-9H2,1-3H3. The van der Waals surface area contributed by atoms with Crippen molar-refractivity contribution in [1.29, 1.82) is 0 Å². The molecule has 6 nitrogen and oxygen atoms in total. The molecule has 110 valence electrons. The van der Waals surface area contributed by atoms with Crippen LogP contribution in [0.2, 0.25) is 0 Å². The molecule has 1 atom stereocenters. The number of hydrogen-bond donors (Lipinski definition) is 1. The molecule has 0 radical (unpaired) electrons. The first kappa shape index (κ1) is 15.9. The van der Waals surface area contributed by atoms with Crippen LogP contribution < -0.4 is 5.32 Å². The minimum Gasteiger partial charge on any atom is -0.469 e. The van der Waals surface area contributed by atoms with Gasteiger partial charge in [-0.1, -0.05) is 13.8 Å². The van der Waals surface area contributed by atoms with Crippen molar-refractivity contribution >= 4 is 11.9 Å². The van der Waals surface area contributed by atoms with E-state index in [0.29, 0.717) is 32.2 Å². The van der Waals surface area contributed by atoms with Crippen molar-refractivity contribution in [2.75, 3.05) is 39.9 Å². The molecule has 6 heteroatoms. The van der Waals surface area contributed by atoms with Crippen LogP contribution >= 0.6 is 0 Å². The van der Waals surface area contributed by atoms with Gasteiger partial charge in [0, 0.05) is 26.2 Å². The highest BCUT2D eigenvalue weighted by atomic mass is 16.5. The minimum atomic E-state index is -0.440. The third-order valence-electron chi connectivity index (χ3n) is 2.91. The number of morpholine rings is 1. The van der Waals surface area contributed by atoms with Crippen LogP contribution in [0.4, 0.5) is 0 Å². The first-order valence-electron chi connectivity index (χ1n) is 6.72. The van der Waals surface area contributed by atoms with E-state index in [9.17, 15) is 9.59 Å². The average molecular weight is 272 g/mol. The topological polar surface area (TPSA) is 67.9 Å². The van der Waals surface area contributed by atoms with Crippen LogP contribution in [0.3, 0.4) is 0 Å². The molecule has 1 rings (SSSR count). The van der Waals surface area contributed by atoms with E-state index in [1.54, 1.807) is 4.90 Å². The molecule has 0 spiro atoms. The van der Waals surface area contributed by atoms with Gasteiger partial charge in [-0.25, -0.2) is 0 Å². The largest absolute Gasteiger partial charge is 0.469 e. The fraction of sp³-hybridized carbons (Fsp3) is 0.846. The van der Waals surface area contributed by atoms with Crippen molar-refractivity contribution in [2.45, 2.75) is 26.4 Å². The molecule has 1 unspecified atom stereocenters. The zero-order chi connectivity index (χ0) is 14.3. The SMILES string of the molecule is COC(=O)CCN(CC(C)C)C(=O)C1CNCCO1. The Morgan fingerprint density at radius 3 is 2.74 bits per heavy atom. The van der Waals surface area contributed by atoms with Crippen LogP contribution in [0.1, 0.15) is 20.3 Å². The van der Waals surface area contributed by atoms with E-state index in [2.05, 4.69) is 10.1 Å². The normalized spacial score (nSPS) is 19.3. The summed E-state index contributed by atoms with van der Waals surface area (Å²) in [5, 5.41) is 3.14. The third kappa shape index (κ3) is 5.57. The highest BCUT2D eigenvalue weighted by molar-refractivity contribution is 5.82. The van der Waals surface area contributed by atoms with Gasteiger partial charge in [0.05, 0.1) is 20.1 Å². The predicted octanol–water partition coefficient (Wildman–Crippen LogP) is 0.0225. The quantitative estimate of drug-likeness (QED) is 0.691. The summed E-state index contributed by atoms with van der Waals surface area (Å²) in [6.07, 6.45) is -0.222. The lowest BCUT2D eigenvalue weighted by atomic mass is 10.1. The van der Waals surface area contributed by atoms with Crippen LogP contribution in [0.15, 0.2) is 0 Å². The Bertz CT molecular complexity index is 301. The van der Waals surface area contributed by atoms with Gasteiger partial charge in [0.1, 0.15) is 6.10 Å². The molecule has 0 aromatic carbocycles. The molecular weight excluding hydrogens is 248 g/mol. The van der Waals surface area contributed by atoms with Crippen molar-refractivity contribution < 1.29 is 19.1 Å². The number of rotatable bonds is 6. The van der Waals surface area contributed by atoms with Gasteiger partial charge >= 0.3 is 5.97 Å². The molecule has 0 aromatic rings. The lowest BCUT2D eigenvalue weighted by molar-refractivity contribution is -0.147. The van der Waals surface area contributed by atoms with Crippen molar-refractivity contribution in [1.82, 2.24) is 10.2 Å². The predicted molar refractivity (Wildman–Crippen MR) is 70.7 cm³/mol. The average Bonchev–Trinajstić information content (AvgIpc) is 2.42. The van der Waals surface area contributed by atoms with Gasteiger partial charge in [-0.3, -0.25) is 9.59 Å². The molecule has 1 amide bonds. The van der Waals surface area contributed by atoms with Crippen LogP contribution in [0, 0.1) is 5.92 Å². The maximum absolute atomic E-state index is 12.3. The molecule has 0 aliphatic carbocycles. The number of nitrogens with zero attached hydrogens (tertiary/aromatic N) is 1. The Balaban J connectivity index is 2.55. The highest BCUT2D eigenvalue weighted by Gasteiger charge is 2.27. The van der Waals surface area contributed by atoms with Gasteiger partial charge in [0.15, 0.2) is 0 Å². The van der Waals surface area contributed by atoms with E-state index < -0.39 is 6.10 Å². The molecule has 0 aromatic heterocycles. The van der Waals surface area contributed by atoms with Crippen molar-refractivity contribution in [3.8, 4) is 0 Å². The zero-order valence-electron chi connectivity index (χ0n) is 12.0. The van der Waals surface area contributed by atoms with Crippen LogP contribution in [0.5, 0.6) is 0 Å². The second-order valence-electron chi connectivity index (χ2n) is 5.07. The molecule has 1 fully saturated rings. The number of esters is 1. The summed E-state index contributed by atoms with van der Waals surface area (Å²) in [7, 11) is 1.35. The molecule has 1 saturated heterocycles. The van der Waals surface area contributed by atoms with Crippen molar-refractivity contribution in [3.63, 3.8) is 0 Å². The third-order valence-corrected chi connectivity index (χ3v) is 2.91. The second-order valence-corrected chi connectivity index (χ2v) is 5.07. The molecule has 0 saturated carbocycles. The summed E-state index contributed by atoms with van der Waals surface area (Å²) >= 11 is 0. The number of carbonyl (C=O) groups is 2. The second kappa shape index (κ2) is 8.12. The van der Waals surface area contributed by atoms with Gasteiger partial charge in [-0.05, 0) is 5.92 Å². The van der Waals surface area contributed by atoms with E-state index in [1.165, 1.54) is 7.11 Å². The van der Waals surface area contributed by atoms with Gasteiger partial charge in [0.25, 0.3) is 5.91 Å². The molecule has 19 heavy (non-hydrogen) atoms. The Morgan fingerprint density at radius 1 is 1.47 bits per heavy atom. The minimum absolute atomic E-state index is 0.0511. The molecule has 1 heterocycles. The van der Waals surface area contributed by atoms with Gasteiger partial charge in [0.2, 0.25) is 0 Å². The number of ether oxygens (including phenoxy) is 2. The molecule has 1 aliphatic rings. The van der Waals surface area contributed by atoms with Crippen molar-refractivity contribution in [2.24, 2.45) is 5.92 Å². The lowest BCUT2D eigenvalue weighted by Crippen LogP contribution is -2.50. The fourth-order valence-corrected chi connectivity index (χ4v) is 1.99. The summed E-state index contributed by atoms with van der Waals surface area (Å²) in [4.78, 5) is 25.2. The zero-order valence-corrected chi connectivity index (χ0v) is 12.0. The Hall–Kier alpha value is -1.14. The Labute approximate surface area is 114 Å². The van der Waals surface area contributed by atoms with E-state index in [1.807, 2.05) is 13.8 Å². The summed E-state index contributed by atoms with van der Waals surface area (Å²) in [6, 6.07) is 0. The molecule has 1 N–H and O–H groups in total. The van der Waals surface area contributed by atoms with Gasteiger partial charge < -0.3 is 19.7 Å². The summed E-state index contributed by atoms with van der Waals surface area (Å²) in [5.41, 5.74) is 0. The van der Waals surface area contributed by atoms with Crippen LogP contribution in [-0.2, 0) is 19.1 Å². The number of amides is 1. The number of methoxy groups -OCH3 is 1. The first-order chi connectivity index (χ1) is 9.04. The lowest BCUT2D eigenvalue weighted by Gasteiger charge is -2.30. The smallest absolute Gasteiger partial charge is 0.307 e. The number of carbonyl (C=O) groups excluding carboxylic acids is 2. The summed E-state index contributed by atoms with van der Waals surface area (Å²) in [5.74, 6) is -0.00723. The fourth-order valence-electron chi connectivity index (χ4n) is 1.99. The maximum Gasteiger partial charge on any atom is 0.307 e. The molecule has 1 aliphatic heterocycles. The van der Waals surface area contributed by atoms with Gasteiger partial charge in [-0.2, -0.15) is 0 Å². The Kier molecular flexibility index (Phi) is 6.80. The van der Waals surface area contributed by atoms with E-state index in [4.69, 9.17) is 4.74 Å². The highest BCUT2D eigenvalue weighted by Crippen LogP contribution is 2.07. The monoisotopic (exact) mass is 272 g/mol. The maximum atomic E-state index is 12.3. The van der Waals surface area contributed by atoms with Crippen molar-refractivity contribution in [3.05, 3.63) is 0 Å².